The Morgan fingerprint density at radius 3 is 0.684 bits per heavy atom. The number of nitrogens with zero attached hydrogens (tertiary/aromatic N) is 16. The molecule has 4 fully saturated rings. The van der Waals surface area contributed by atoms with Crippen LogP contribution in [0.25, 0.3) is 0 Å². The van der Waals surface area contributed by atoms with Crippen molar-refractivity contribution in [3.63, 3.8) is 0 Å². The van der Waals surface area contributed by atoms with E-state index in [2.05, 4.69) is 19.9 Å². The molecule has 0 amide bonds. The van der Waals surface area contributed by atoms with Crippen molar-refractivity contribution < 1.29 is 40.1 Å². The molecule has 0 aliphatic carbocycles. The second-order valence-corrected chi connectivity index (χ2v) is 19.9. The molecule has 424 valence electrons. The number of anilines is 4. The summed E-state index contributed by atoms with van der Waals surface area (Å²) in [4.78, 5) is 65.5. The van der Waals surface area contributed by atoms with Crippen LogP contribution in [-0.4, -0.2) is 179 Å². The van der Waals surface area contributed by atoms with Crippen molar-refractivity contribution in [1.82, 2.24) is 38.2 Å². The number of piperidine rings is 4. The molecule has 0 unspecified atom stereocenters. The largest absolute Gasteiger partial charge is 0.406 e. The minimum Gasteiger partial charge on any atom is -0.390 e. The van der Waals surface area contributed by atoms with Gasteiger partial charge in [-0.25, -0.2) is 0 Å². The molecule has 4 atom stereocenters. The number of hydrogen-bond acceptors (Lipinski definition) is 20. The van der Waals surface area contributed by atoms with E-state index in [-0.39, 0.29) is 73.0 Å². The van der Waals surface area contributed by atoms with Crippen molar-refractivity contribution in [2.45, 2.75) is 128 Å². The Balaban J connectivity index is 0.000000187. The van der Waals surface area contributed by atoms with Crippen LogP contribution < -0.4 is 19.6 Å². The first-order chi connectivity index (χ1) is 36.5. The second kappa shape index (κ2) is 31.1. The summed E-state index contributed by atoms with van der Waals surface area (Å²) in [5.74, 6) is 1.68. The molecular weight excluding hydrogens is 1090 g/mol. The molecule has 4 N–H and O–H groups in total. The SMILES string of the molecule is O=[N+]([O-])c1ncn(C[C@@H](O)CCl)c1N1CCCCC1.O=[N+]([O-])c1ncn(C[C@@H](O)CCl)c1N1CCCCC1.O=[N+]([O-])c1ncn(C[C@H](O)CCl)c1N1CCCCC1.O=[N+]([O-])c1ncn(C[C@H](O)CCl)c1N1CCCCC1. The summed E-state index contributed by atoms with van der Waals surface area (Å²) < 4.78 is 6.49. The summed E-state index contributed by atoms with van der Waals surface area (Å²) in [6.45, 7) is 7.12. The molecule has 0 saturated carbocycles. The summed E-state index contributed by atoms with van der Waals surface area (Å²) in [5, 5.41) is 82.6. The number of aliphatic hydroxyl groups excluding tert-OH is 4. The van der Waals surface area contributed by atoms with Crippen LogP contribution in [0, 0.1) is 40.5 Å². The molecule has 4 aliphatic heterocycles. The van der Waals surface area contributed by atoms with Gasteiger partial charge in [-0.1, -0.05) is 0 Å². The molecule has 8 heterocycles. The van der Waals surface area contributed by atoms with E-state index in [0.29, 0.717) is 23.3 Å². The minimum absolute atomic E-state index is 0.0887. The van der Waals surface area contributed by atoms with Gasteiger partial charge in [0.05, 0.1) is 74.1 Å². The van der Waals surface area contributed by atoms with Gasteiger partial charge in [0.25, 0.3) is 0 Å². The molecule has 0 spiro atoms. The van der Waals surface area contributed by atoms with Crippen molar-refractivity contribution in [2.75, 3.05) is 95.5 Å². The number of hydrogen-bond donors (Lipinski definition) is 4. The molecular formula is C44H68Cl4N16O12. The van der Waals surface area contributed by atoms with Gasteiger partial charge in [0.15, 0.2) is 0 Å². The molecule has 4 aliphatic rings. The summed E-state index contributed by atoms with van der Waals surface area (Å²) in [5.41, 5.74) is 0. The van der Waals surface area contributed by atoms with Gasteiger partial charge in [0.2, 0.25) is 48.6 Å². The lowest BCUT2D eigenvalue weighted by molar-refractivity contribution is -0.388. The van der Waals surface area contributed by atoms with Crippen molar-refractivity contribution in [3.8, 4) is 0 Å². The van der Waals surface area contributed by atoms with Crippen LogP contribution in [0.1, 0.15) is 77.0 Å². The van der Waals surface area contributed by atoms with Gasteiger partial charge in [-0.3, -0.25) is 18.3 Å². The minimum atomic E-state index is -0.737. The van der Waals surface area contributed by atoms with Gasteiger partial charge in [-0.2, -0.15) is 0 Å². The lowest BCUT2D eigenvalue weighted by atomic mass is 10.1. The Morgan fingerprint density at radius 2 is 0.539 bits per heavy atom. The Kier molecular flexibility index (Phi) is 25.2. The Hall–Kier alpha value is -5.36. The van der Waals surface area contributed by atoms with Crippen LogP contribution in [0.2, 0.25) is 0 Å². The number of aromatic nitrogens is 8. The van der Waals surface area contributed by atoms with E-state index in [4.69, 9.17) is 46.4 Å². The standard InChI is InChI=1S/4C11H17ClN4O3/c4*12-6-9(17)7-15-8-13-10(16(18)19)11(15)14-4-2-1-3-5-14/h4*8-9,17H,1-7H2/t4*9-/m1100/s1. The third-order valence-corrected chi connectivity index (χ3v) is 14.2. The molecule has 28 nitrogen and oxygen atoms in total. The number of imidazole rings is 4. The van der Waals surface area contributed by atoms with Gasteiger partial charge in [0, 0.05) is 52.4 Å². The predicted octanol–water partition coefficient (Wildman–Crippen LogP) is 5.53. The maximum Gasteiger partial charge on any atom is 0.406 e. The zero-order valence-electron chi connectivity index (χ0n) is 42.1. The lowest BCUT2D eigenvalue weighted by Gasteiger charge is -2.28. The number of halogens is 4. The van der Waals surface area contributed by atoms with Crippen LogP contribution in [0.3, 0.4) is 0 Å². The number of alkyl halides is 4. The Morgan fingerprint density at radius 1 is 0.368 bits per heavy atom. The number of nitro groups is 4. The number of rotatable bonds is 20. The first kappa shape index (κ1) is 61.5. The summed E-state index contributed by atoms with van der Waals surface area (Å²) >= 11 is 22.3. The van der Waals surface area contributed by atoms with Gasteiger partial charge < -0.3 is 80.5 Å². The van der Waals surface area contributed by atoms with E-state index < -0.39 is 44.1 Å². The van der Waals surface area contributed by atoms with E-state index in [0.717, 1.165) is 129 Å². The molecule has 0 aromatic carbocycles. The van der Waals surface area contributed by atoms with Crippen LogP contribution in [-0.2, 0) is 26.2 Å². The van der Waals surface area contributed by atoms with Gasteiger partial charge >= 0.3 is 23.3 Å². The molecule has 76 heavy (non-hydrogen) atoms. The first-order valence-corrected chi connectivity index (χ1v) is 27.4. The van der Waals surface area contributed by atoms with E-state index in [1.807, 2.05) is 19.6 Å². The van der Waals surface area contributed by atoms with Crippen LogP contribution in [0.15, 0.2) is 25.3 Å². The highest BCUT2D eigenvalue weighted by atomic mass is 35.5. The zero-order valence-corrected chi connectivity index (χ0v) is 45.2. The molecule has 8 rings (SSSR count). The van der Waals surface area contributed by atoms with E-state index >= 15 is 0 Å². The topological polar surface area (TPSA) is 338 Å². The fraction of sp³-hybridized carbons (Fsp3) is 0.727. The Labute approximate surface area is 458 Å². The lowest BCUT2D eigenvalue weighted by Crippen LogP contribution is -2.32. The average Bonchev–Trinajstić information content (AvgIpc) is 4.26. The van der Waals surface area contributed by atoms with Crippen molar-refractivity contribution in [3.05, 3.63) is 65.8 Å². The van der Waals surface area contributed by atoms with Crippen LogP contribution in [0.4, 0.5) is 46.5 Å². The fourth-order valence-corrected chi connectivity index (χ4v) is 9.72. The number of aliphatic hydroxyl groups is 4. The van der Waals surface area contributed by atoms with Gasteiger partial charge in [-0.05, 0) is 117 Å². The molecule has 4 aromatic rings. The van der Waals surface area contributed by atoms with Crippen molar-refractivity contribution in [1.29, 1.82) is 0 Å². The molecule has 32 heteroatoms. The maximum atomic E-state index is 11.0. The predicted molar refractivity (Wildman–Crippen MR) is 287 cm³/mol. The summed E-state index contributed by atoms with van der Waals surface area (Å²) in [7, 11) is 0. The van der Waals surface area contributed by atoms with Crippen molar-refractivity contribution >= 4 is 92.9 Å². The maximum absolute atomic E-state index is 11.0. The van der Waals surface area contributed by atoms with E-state index in [1.165, 1.54) is 25.3 Å². The smallest absolute Gasteiger partial charge is 0.390 e. The molecule has 4 aromatic heterocycles. The normalized spacial score (nSPS) is 17.5. The van der Waals surface area contributed by atoms with Gasteiger partial charge in [0.1, 0.15) is 0 Å². The van der Waals surface area contributed by atoms with Gasteiger partial charge in [-0.15, -0.1) is 46.4 Å². The second-order valence-electron chi connectivity index (χ2n) is 18.6. The fourth-order valence-electron chi connectivity index (χ4n) is 9.33. The third kappa shape index (κ3) is 17.3. The van der Waals surface area contributed by atoms with Crippen LogP contribution >= 0.6 is 46.4 Å². The highest BCUT2D eigenvalue weighted by Crippen LogP contribution is 2.33. The van der Waals surface area contributed by atoms with Crippen molar-refractivity contribution in [2.24, 2.45) is 0 Å². The zero-order chi connectivity index (χ0) is 55.3. The quantitative estimate of drug-likeness (QED) is 0.0480. The monoisotopic (exact) mass is 1150 g/mol. The molecule has 0 bridgehead atoms. The van der Waals surface area contributed by atoms with Crippen LogP contribution in [0.5, 0.6) is 0 Å². The molecule has 4 saturated heterocycles. The Bertz CT molecular complexity index is 2110. The third-order valence-electron chi connectivity index (χ3n) is 12.8. The summed E-state index contributed by atoms with van der Waals surface area (Å²) in [6.07, 6.45) is 15.3. The first-order valence-electron chi connectivity index (χ1n) is 25.3. The highest BCUT2D eigenvalue weighted by Gasteiger charge is 2.32. The van der Waals surface area contributed by atoms with E-state index in [9.17, 15) is 60.9 Å². The average molecular weight is 1150 g/mol. The van der Waals surface area contributed by atoms with E-state index in [1.54, 1.807) is 18.3 Å². The summed E-state index contributed by atoms with van der Waals surface area (Å²) in [6, 6.07) is 0. The molecule has 0 radical (unpaired) electrons. The highest BCUT2D eigenvalue weighted by molar-refractivity contribution is 6.18.